The van der Waals surface area contributed by atoms with Crippen LogP contribution in [0.1, 0.15) is 46.0 Å². The quantitative estimate of drug-likeness (QED) is 0.532. The molecule has 0 radical (unpaired) electrons. The van der Waals surface area contributed by atoms with Crippen molar-refractivity contribution in [2.45, 2.75) is 52.1 Å². The summed E-state index contributed by atoms with van der Waals surface area (Å²) < 4.78 is 5.28. The molecule has 0 spiro atoms. The molecular weight excluding hydrogens is 204 g/mol. The highest BCUT2D eigenvalue weighted by Crippen LogP contribution is 2.28. The van der Waals surface area contributed by atoms with Crippen LogP contribution in [-0.2, 0) is 14.3 Å². The number of esters is 1. The topological polar surface area (TPSA) is 43.4 Å². The number of carbonyl (C=O) groups is 2. The van der Waals surface area contributed by atoms with Gasteiger partial charge in [0.1, 0.15) is 11.9 Å². The van der Waals surface area contributed by atoms with Gasteiger partial charge in [0.05, 0.1) is 5.92 Å². The predicted molar refractivity (Wildman–Crippen MR) is 62.0 cm³/mol. The number of hydrogen-bond donors (Lipinski definition) is 0. The highest BCUT2D eigenvalue weighted by molar-refractivity contribution is 5.84. The number of ketones is 1. The van der Waals surface area contributed by atoms with E-state index in [2.05, 4.69) is 6.92 Å². The minimum atomic E-state index is -0.204. The van der Waals surface area contributed by atoms with E-state index in [1.165, 1.54) is 0 Å². The van der Waals surface area contributed by atoms with Crippen LogP contribution in [0, 0.1) is 5.92 Å². The molecule has 90 valence electrons. The van der Waals surface area contributed by atoms with Crippen molar-refractivity contribution >= 4 is 11.8 Å². The first-order valence-corrected chi connectivity index (χ1v) is 6.06. The molecule has 1 aliphatic rings. The largest absolute Gasteiger partial charge is 0.462 e. The van der Waals surface area contributed by atoms with Gasteiger partial charge in [0.25, 0.3) is 0 Å². The highest BCUT2D eigenvalue weighted by Gasteiger charge is 2.36. The van der Waals surface area contributed by atoms with Gasteiger partial charge in [-0.25, -0.2) is 0 Å². The lowest BCUT2D eigenvalue weighted by Gasteiger charge is -2.17. The van der Waals surface area contributed by atoms with Gasteiger partial charge in [0.2, 0.25) is 0 Å². The summed E-state index contributed by atoms with van der Waals surface area (Å²) in [5.41, 5.74) is 0. The molecule has 2 unspecified atom stereocenters. The van der Waals surface area contributed by atoms with Crippen molar-refractivity contribution in [3.05, 3.63) is 12.2 Å². The lowest BCUT2D eigenvalue weighted by molar-refractivity contribution is -0.150. The van der Waals surface area contributed by atoms with Gasteiger partial charge in [-0.05, 0) is 19.3 Å². The predicted octanol–water partition coefficient (Wildman–Crippen LogP) is 2.64. The Morgan fingerprint density at radius 3 is 2.81 bits per heavy atom. The van der Waals surface area contributed by atoms with Gasteiger partial charge in [-0.1, -0.05) is 26.0 Å². The number of carbonyl (C=O) groups excluding carboxylic acids is 2. The smallest absolute Gasteiger partial charge is 0.305 e. The molecule has 0 bridgehead atoms. The monoisotopic (exact) mass is 224 g/mol. The van der Waals surface area contributed by atoms with Crippen molar-refractivity contribution in [3.8, 4) is 0 Å². The Bertz CT molecular complexity index is 281. The van der Waals surface area contributed by atoms with E-state index in [1.54, 1.807) is 6.92 Å². The molecule has 3 heteroatoms. The summed E-state index contributed by atoms with van der Waals surface area (Å²) in [5.74, 6) is -0.0860. The summed E-state index contributed by atoms with van der Waals surface area (Å²) in [5, 5.41) is 0. The number of allylic oxidation sites excluding steroid dienone is 2. The first-order valence-electron chi connectivity index (χ1n) is 6.06. The Kier molecular flexibility index (Phi) is 5.23. The second kappa shape index (κ2) is 6.46. The zero-order chi connectivity index (χ0) is 12.0. The molecule has 0 aromatic heterocycles. The van der Waals surface area contributed by atoms with Crippen LogP contribution in [-0.4, -0.2) is 17.9 Å². The summed E-state index contributed by atoms with van der Waals surface area (Å²) in [6, 6.07) is 0. The lowest BCUT2D eigenvalue weighted by atomic mass is 10.0. The van der Waals surface area contributed by atoms with Crippen LogP contribution < -0.4 is 0 Å². The number of hydrogen-bond acceptors (Lipinski definition) is 3. The van der Waals surface area contributed by atoms with Crippen molar-refractivity contribution < 1.29 is 14.3 Å². The molecule has 1 aliphatic carbocycles. The minimum Gasteiger partial charge on any atom is -0.462 e. The molecule has 3 nitrogen and oxygen atoms in total. The number of rotatable bonds is 5. The molecule has 0 aromatic rings. The average molecular weight is 224 g/mol. The fourth-order valence-electron chi connectivity index (χ4n) is 1.96. The van der Waals surface area contributed by atoms with Gasteiger partial charge >= 0.3 is 5.97 Å². The SMILES string of the molecule is CC/C=C\CC1C(=O)CCC1OC(=O)CC. The standard InChI is InChI=1S/C13H20O3/c1-3-5-6-7-10-11(14)8-9-12(10)16-13(15)4-2/h5-6,10,12H,3-4,7-9H2,1-2H3/b6-5-. The normalized spacial score (nSPS) is 25.2. The third-order valence-electron chi connectivity index (χ3n) is 2.90. The van der Waals surface area contributed by atoms with Crippen LogP contribution in [0.4, 0.5) is 0 Å². The number of ether oxygens (including phenoxy) is 1. The van der Waals surface area contributed by atoms with Gasteiger partial charge < -0.3 is 4.74 Å². The van der Waals surface area contributed by atoms with Gasteiger partial charge in [0, 0.05) is 12.8 Å². The van der Waals surface area contributed by atoms with Crippen molar-refractivity contribution in [3.63, 3.8) is 0 Å². The van der Waals surface area contributed by atoms with E-state index >= 15 is 0 Å². The van der Waals surface area contributed by atoms with E-state index in [9.17, 15) is 9.59 Å². The maximum absolute atomic E-state index is 11.6. The van der Waals surface area contributed by atoms with Gasteiger partial charge in [-0.2, -0.15) is 0 Å². The molecule has 0 saturated heterocycles. The van der Waals surface area contributed by atoms with E-state index in [4.69, 9.17) is 4.74 Å². The summed E-state index contributed by atoms with van der Waals surface area (Å²) >= 11 is 0. The fraction of sp³-hybridized carbons (Fsp3) is 0.692. The first-order chi connectivity index (χ1) is 7.69. The second-order valence-electron chi connectivity index (χ2n) is 4.11. The molecule has 2 atom stereocenters. The van der Waals surface area contributed by atoms with Gasteiger partial charge in [-0.3, -0.25) is 9.59 Å². The molecule has 0 N–H and O–H groups in total. The Hall–Kier alpha value is -1.12. The fourth-order valence-corrected chi connectivity index (χ4v) is 1.96. The Morgan fingerprint density at radius 2 is 2.19 bits per heavy atom. The van der Waals surface area contributed by atoms with Crippen LogP contribution >= 0.6 is 0 Å². The van der Waals surface area contributed by atoms with Crippen LogP contribution in [0.25, 0.3) is 0 Å². The second-order valence-corrected chi connectivity index (χ2v) is 4.11. The Labute approximate surface area is 96.9 Å². The van der Waals surface area contributed by atoms with Crippen molar-refractivity contribution in [1.29, 1.82) is 0 Å². The molecule has 0 aliphatic heterocycles. The van der Waals surface area contributed by atoms with Crippen LogP contribution in [0.3, 0.4) is 0 Å². The van der Waals surface area contributed by atoms with Gasteiger partial charge in [-0.15, -0.1) is 0 Å². The van der Waals surface area contributed by atoms with E-state index in [0.717, 1.165) is 6.42 Å². The molecule has 1 saturated carbocycles. The van der Waals surface area contributed by atoms with Gasteiger partial charge in [0.15, 0.2) is 0 Å². The zero-order valence-corrected chi connectivity index (χ0v) is 10.1. The van der Waals surface area contributed by atoms with Crippen LogP contribution in [0.5, 0.6) is 0 Å². The van der Waals surface area contributed by atoms with E-state index in [1.807, 2.05) is 12.2 Å². The number of Topliss-reactive ketones (excluding diaryl/α,β-unsaturated/α-hetero) is 1. The molecule has 0 heterocycles. The molecule has 0 amide bonds. The highest BCUT2D eigenvalue weighted by atomic mass is 16.5. The van der Waals surface area contributed by atoms with Crippen molar-refractivity contribution in [2.24, 2.45) is 5.92 Å². The molecular formula is C13H20O3. The first kappa shape index (κ1) is 12.9. The zero-order valence-electron chi connectivity index (χ0n) is 10.1. The summed E-state index contributed by atoms with van der Waals surface area (Å²) in [7, 11) is 0. The lowest BCUT2D eigenvalue weighted by Crippen LogP contribution is -2.24. The Morgan fingerprint density at radius 1 is 1.44 bits per heavy atom. The third kappa shape index (κ3) is 3.47. The minimum absolute atomic E-state index is 0.113. The summed E-state index contributed by atoms with van der Waals surface area (Å²) in [6.07, 6.45) is 7.16. The van der Waals surface area contributed by atoms with E-state index in [-0.39, 0.29) is 23.8 Å². The molecule has 1 fully saturated rings. The van der Waals surface area contributed by atoms with E-state index < -0.39 is 0 Å². The maximum Gasteiger partial charge on any atom is 0.305 e. The third-order valence-corrected chi connectivity index (χ3v) is 2.90. The molecule has 16 heavy (non-hydrogen) atoms. The van der Waals surface area contributed by atoms with E-state index in [0.29, 0.717) is 25.7 Å². The van der Waals surface area contributed by atoms with Crippen molar-refractivity contribution in [2.75, 3.05) is 0 Å². The average Bonchev–Trinajstić information content (AvgIpc) is 2.61. The van der Waals surface area contributed by atoms with Crippen LogP contribution in [0.15, 0.2) is 12.2 Å². The molecule has 1 rings (SSSR count). The van der Waals surface area contributed by atoms with Crippen LogP contribution in [0.2, 0.25) is 0 Å². The summed E-state index contributed by atoms with van der Waals surface area (Å²) in [6.45, 7) is 3.83. The Balaban J connectivity index is 2.52. The summed E-state index contributed by atoms with van der Waals surface area (Å²) in [4.78, 5) is 22.8. The maximum atomic E-state index is 11.6. The van der Waals surface area contributed by atoms with Crippen molar-refractivity contribution in [1.82, 2.24) is 0 Å². The molecule has 0 aromatic carbocycles.